The lowest BCUT2D eigenvalue weighted by Gasteiger charge is -2.17. The summed E-state index contributed by atoms with van der Waals surface area (Å²) in [6, 6.07) is 5.42. The Morgan fingerprint density at radius 2 is 2.13 bits per heavy atom. The molecule has 0 aromatic heterocycles. The Hall–Kier alpha value is -0.240. The molecule has 1 atom stereocenters. The van der Waals surface area contributed by atoms with Crippen molar-refractivity contribution >= 4 is 53.1 Å². The molecule has 1 fully saturated rings. The maximum Gasteiger partial charge on any atom is 0.189 e. The molecule has 1 saturated carbocycles. The first-order valence-electron chi connectivity index (χ1n) is 7.46. The number of aliphatic imine (C=N–C) groups is 1. The van der Waals surface area contributed by atoms with Gasteiger partial charge in [-0.2, -0.15) is 0 Å². The number of ether oxygens (including phenoxy) is 1. The van der Waals surface area contributed by atoms with Crippen LogP contribution < -0.4 is 11.1 Å². The number of methoxy groups -OCH3 is 1. The van der Waals surface area contributed by atoms with Crippen LogP contribution >= 0.6 is 47.2 Å². The van der Waals surface area contributed by atoms with Crippen molar-refractivity contribution in [1.29, 1.82) is 0 Å². The standard InChI is InChI=1S/C16H23Cl2N3O.HI/c1-11(13-4-3-12(17)9-14(13)18)21-15(19)20-10-16(5-6-16)7-8-22-2;/h3-4,9,11H,5-8,10H2,1-2H3,(H3,19,20,21);1H. The van der Waals surface area contributed by atoms with E-state index in [1.54, 1.807) is 13.2 Å². The van der Waals surface area contributed by atoms with E-state index in [9.17, 15) is 0 Å². The maximum absolute atomic E-state index is 6.21. The van der Waals surface area contributed by atoms with Crippen LogP contribution in [0.5, 0.6) is 0 Å². The fourth-order valence-corrected chi connectivity index (χ4v) is 3.01. The Bertz CT molecular complexity index is 550. The first kappa shape index (κ1) is 20.8. The Morgan fingerprint density at radius 3 is 2.70 bits per heavy atom. The van der Waals surface area contributed by atoms with Crippen molar-refractivity contribution in [3.8, 4) is 0 Å². The van der Waals surface area contributed by atoms with Crippen LogP contribution in [-0.2, 0) is 4.74 Å². The molecule has 1 aliphatic rings. The molecule has 1 aliphatic carbocycles. The van der Waals surface area contributed by atoms with Gasteiger partial charge < -0.3 is 15.8 Å². The minimum absolute atomic E-state index is 0. The number of halogens is 3. The largest absolute Gasteiger partial charge is 0.385 e. The molecule has 2 rings (SSSR count). The minimum atomic E-state index is -0.0253. The average molecular weight is 472 g/mol. The lowest BCUT2D eigenvalue weighted by Crippen LogP contribution is -2.34. The van der Waals surface area contributed by atoms with Crippen LogP contribution in [0, 0.1) is 5.41 Å². The van der Waals surface area contributed by atoms with Crippen molar-refractivity contribution in [3.63, 3.8) is 0 Å². The SMILES string of the molecule is COCCC1(CN=C(N)NC(C)c2ccc(Cl)cc2Cl)CC1.I. The summed E-state index contributed by atoms with van der Waals surface area (Å²) in [6.07, 6.45) is 3.44. The van der Waals surface area contributed by atoms with Crippen molar-refractivity contribution in [2.45, 2.75) is 32.2 Å². The van der Waals surface area contributed by atoms with Crippen LogP contribution in [0.4, 0.5) is 0 Å². The lowest BCUT2D eigenvalue weighted by molar-refractivity contribution is 0.174. The van der Waals surface area contributed by atoms with E-state index < -0.39 is 0 Å². The molecule has 0 saturated heterocycles. The van der Waals surface area contributed by atoms with E-state index in [-0.39, 0.29) is 30.0 Å². The molecule has 7 heteroatoms. The number of hydrogen-bond acceptors (Lipinski definition) is 2. The van der Waals surface area contributed by atoms with Crippen LogP contribution in [-0.4, -0.2) is 26.2 Å². The highest BCUT2D eigenvalue weighted by Crippen LogP contribution is 2.48. The highest BCUT2D eigenvalue weighted by atomic mass is 127. The van der Waals surface area contributed by atoms with E-state index in [1.165, 1.54) is 12.8 Å². The Balaban J connectivity index is 0.00000264. The van der Waals surface area contributed by atoms with Gasteiger partial charge in [-0.05, 0) is 49.3 Å². The maximum atomic E-state index is 6.21. The summed E-state index contributed by atoms with van der Waals surface area (Å²) in [6.45, 7) is 3.52. The van der Waals surface area contributed by atoms with E-state index in [0.29, 0.717) is 21.4 Å². The number of nitrogens with two attached hydrogens (primary N) is 1. The summed E-state index contributed by atoms with van der Waals surface area (Å²) in [5.41, 5.74) is 7.24. The number of rotatable bonds is 7. The molecule has 0 heterocycles. The second-order valence-corrected chi connectivity index (χ2v) is 6.82. The number of guanidine groups is 1. The summed E-state index contributed by atoms with van der Waals surface area (Å²) in [5.74, 6) is 0.446. The predicted octanol–water partition coefficient (Wildman–Crippen LogP) is 4.39. The molecule has 1 aromatic rings. The van der Waals surface area contributed by atoms with Crippen LogP contribution in [0.3, 0.4) is 0 Å². The van der Waals surface area contributed by atoms with Crippen molar-refractivity contribution in [3.05, 3.63) is 33.8 Å². The van der Waals surface area contributed by atoms with Gasteiger partial charge in [-0.3, -0.25) is 4.99 Å². The zero-order chi connectivity index (χ0) is 16.2. The van der Waals surface area contributed by atoms with E-state index in [2.05, 4.69) is 10.3 Å². The molecular weight excluding hydrogens is 448 g/mol. The smallest absolute Gasteiger partial charge is 0.189 e. The van der Waals surface area contributed by atoms with Crippen molar-refractivity contribution in [2.75, 3.05) is 20.3 Å². The van der Waals surface area contributed by atoms with E-state index >= 15 is 0 Å². The molecule has 4 nitrogen and oxygen atoms in total. The van der Waals surface area contributed by atoms with Crippen molar-refractivity contribution in [2.24, 2.45) is 16.1 Å². The summed E-state index contributed by atoms with van der Waals surface area (Å²) in [5, 5.41) is 4.43. The first-order chi connectivity index (χ1) is 10.5. The molecular formula is C16H24Cl2IN3O. The van der Waals surface area contributed by atoms with Gasteiger partial charge in [-0.15, -0.1) is 24.0 Å². The molecule has 0 radical (unpaired) electrons. The highest BCUT2D eigenvalue weighted by molar-refractivity contribution is 14.0. The number of nitrogens with zero attached hydrogens (tertiary/aromatic N) is 1. The fourth-order valence-electron chi connectivity index (χ4n) is 2.43. The van der Waals surface area contributed by atoms with Gasteiger partial charge in [0.25, 0.3) is 0 Å². The number of benzene rings is 1. The third kappa shape index (κ3) is 6.29. The molecule has 0 bridgehead atoms. The molecule has 0 aliphatic heterocycles. The molecule has 1 unspecified atom stereocenters. The van der Waals surface area contributed by atoms with Gasteiger partial charge in [-0.1, -0.05) is 29.3 Å². The third-order valence-electron chi connectivity index (χ3n) is 4.17. The van der Waals surface area contributed by atoms with Gasteiger partial charge in [0.15, 0.2) is 5.96 Å². The summed E-state index contributed by atoms with van der Waals surface area (Å²) in [4.78, 5) is 4.48. The van der Waals surface area contributed by atoms with Gasteiger partial charge in [0.2, 0.25) is 0 Å². The Kier molecular flexibility index (Phi) is 8.41. The van der Waals surface area contributed by atoms with Crippen LogP contribution in [0.15, 0.2) is 23.2 Å². The Labute approximate surface area is 165 Å². The van der Waals surface area contributed by atoms with Gasteiger partial charge in [-0.25, -0.2) is 0 Å². The molecule has 3 N–H and O–H groups in total. The Morgan fingerprint density at radius 1 is 1.43 bits per heavy atom. The van der Waals surface area contributed by atoms with Crippen molar-refractivity contribution < 1.29 is 4.74 Å². The van der Waals surface area contributed by atoms with Crippen LogP contribution in [0.25, 0.3) is 0 Å². The van der Waals surface area contributed by atoms with Crippen LogP contribution in [0.1, 0.15) is 37.8 Å². The van der Waals surface area contributed by atoms with E-state index in [1.807, 2.05) is 19.1 Å². The topological polar surface area (TPSA) is 59.6 Å². The summed E-state index contributed by atoms with van der Waals surface area (Å²) < 4.78 is 5.15. The lowest BCUT2D eigenvalue weighted by atomic mass is 10.0. The average Bonchev–Trinajstić information content (AvgIpc) is 3.23. The predicted molar refractivity (Wildman–Crippen MR) is 108 cm³/mol. The minimum Gasteiger partial charge on any atom is -0.385 e. The molecule has 1 aromatic carbocycles. The molecule has 130 valence electrons. The first-order valence-corrected chi connectivity index (χ1v) is 8.22. The van der Waals surface area contributed by atoms with Gasteiger partial charge in [0, 0.05) is 30.3 Å². The van der Waals surface area contributed by atoms with E-state index in [0.717, 1.165) is 25.1 Å². The fraction of sp³-hybridized carbons (Fsp3) is 0.562. The second kappa shape index (κ2) is 9.30. The molecule has 23 heavy (non-hydrogen) atoms. The summed E-state index contributed by atoms with van der Waals surface area (Å²) >= 11 is 12.1. The quantitative estimate of drug-likeness (QED) is 0.352. The molecule has 0 spiro atoms. The van der Waals surface area contributed by atoms with Crippen LogP contribution in [0.2, 0.25) is 10.0 Å². The summed E-state index contributed by atoms with van der Waals surface area (Å²) in [7, 11) is 1.73. The van der Waals surface area contributed by atoms with Gasteiger partial charge in [0.05, 0.1) is 6.04 Å². The highest BCUT2D eigenvalue weighted by Gasteiger charge is 2.41. The van der Waals surface area contributed by atoms with Gasteiger partial charge >= 0.3 is 0 Å². The number of nitrogens with one attached hydrogen (secondary N) is 1. The zero-order valence-electron chi connectivity index (χ0n) is 13.4. The normalized spacial score (nSPS) is 17.3. The molecule has 0 amide bonds. The zero-order valence-corrected chi connectivity index (χ0v) is 17.3. The second-order valence-electron chi connectivity index (χ2n) is 5.98. The monoisotopic (exact) mass is 471 g/mol. The van der Waals surface area contributed by atoms with E-state index in [4.69, 9.17) is 33.7 Å². The number of hydrogen-bond donors (Lipinski definition) is 2. The third-order valence-corrected chi connectivity index (χ3v) is 4.73. The van der Waals surface area contributed by atoms with Gasteiger partial charge in [0.1, 0.15) is 0 Å². The van der Waals surface area contributed by atoms with Crippen molar-refractivity contribution in [1.82, 2.24) is 5.32 Å².